The summed E-state index contributed by atoms with van der Waals surface area (Å²) in [5.41, 5.74) is 8.44. The highest BCUT2D eigenvalue weighted by molar-refractivity contribution is 5.69. The van der Waals surface area contributed by atoms with Gasteiger partial charge in [0.2, 0.25) is 0 Å². The molecular weight excluding hydrogens is 714 g/mol. The average molecular weight is 762 g/mol. The van der Waals surface area contributed by atoms with Crippen LogP contribution in [0.3, 0.4) is 0 Å². The zero-order valence-electron chi connectivity index (χ0n) is 30.6. The summed E-state index contributed by atoms with van der Waals surface area (Å²) in [6.07, 6.45) is -12.8. The van der Waals surface area contributed by atoms with E-state index in [4.69, 9.17) is 57.6 Å². The summed E-state index contributed by atoms with van der Waals surface area (Å²) in [6.45, 7) is 6.81. The molecule has 21 heteroatoms. The fourth-order valence-corrected chi connectivity index (χ4v) is 5.49. The molecule has 2 rings (SSSR count). The lowest BCUT2D eigenvalue weighted by Gasteiger charge is -2.48. The van der Waals surface area contributed by atoms with Gasteiger partial charge in [-0.2, -0.15) is 0 Å². The van der Waals surface area contributed by atoms with Crippen LogP contribution < -0.4 is 0 Å². The molecule has 0 saturated carbocycles. The molecule has 0 bridgehead atoms. The van der Waals surface area contributed by atoms with Crippen molar-refractivity contribution >= 4 is 41.8 Å². The molecule has 2 saturated heterocycles. The van der Waals surface area contributed by atoms with Gasteiger partial charge in [-0.1, -0.05) is 18.0 Å². The topological polar surface area (TPSA) is 270 Å². The number of ether oxygens (including phenoxy) is 11. The first kappa shape index (κ1) is 44.6. The summed E-state index contributed by atoms with van der Waals surface area (Å²) in [4.78, 5) is 88.2. The zero-order valence-corrected chi connectivity index (χ0v) is 30.6. The maximum Gasteiger partial charge on any atom is 0.303 e. The van der Waals surface area contributed by atoms with Gasteiger partial charge in [0.15, 0.2) is 43.1 Å². The maximum absolute atomic E-state index is 12.5. The molecule has 0 amide bonds. The van der Waals surface area contributed by atoms with Crippen molar-refractivity contribution in [3.05, 3.63) is 10.4 Å². The molecule has 2 aliphatic heterocycles. The second kappa shape index (κ2) is 22.5. The molecule has 298 valence electrons. The smallest absolute Gasteiger partial charge is 0.303 e. The van der Waals surface area contributed by atoms with Gasteiger partial charge in [-0.15, -0.1) is 0 Å². The molecule has 10 atom stereocenters. The predicted octanol–water partition coefficient (Wildman–Crippen LogP) is 1.49. The minimum absolute atomic E-state index is 0.0717. The SMILES string of the molecule is CC(=O)OC[C@H]1O[C@@H](O[C@H]2[C@H](OC(C)=O)[C@@H](OC(C)=O)[C@H](OCCCCCCN=[N+]=[N-])O[C@@H]2COC(C)=O)[C@H](OC(C)=O)[C@@H](OC(C)=O)[C@@H]1OC(C)=O. The fourth-order valence-electron chi connectivity index (χ4n) is 5.49. The van der Waals surface area contributed by atoms with E-state index in [1.165, 1.54) is 0 Å². The molecule has 21 nitrogen and oxygen atoms in total. The molecule has 2 heterocycles. The van der Waals surface area contributed by atoms with E-state index in [-0.39, 0.29) is 6.61 Å². The van der Waals surface area contributed by atoms with E-state index in [1.54, 1.807) is 0 Å². The van der Waals surface area contributed by atoms with Crippen LogP contribution in [0, 0.1) is 0 Å². The van der Waals surface area contributed by atoms with E-state index < -0.39 is 116 Å². The van der Waals surface area contributed by atoms with Gasteiger partial charge in [-0.05, 0) is 18.4 Å². The first-order valence-electron chi connectivity index (χ1n) is 16.8. The molecule has 53 heavy (non-hydrogen) atoms. The van der Waals surface area contributed by atoms with Crippen LogP contribution in [-0.4, -0.2) is 130 Å². The van der Waals surface area contributed by atoms with Gasteiger partial charge < -0.3 is 52.1 Å². The highest BCUT2D eigenvalue weighted by Gasteiger charge is 2.57. The van der Waals surface area contributed by atoms with Crippen molar-refractivity contribution in [2.45, 2.75) is 136 Å². The third kappa shape index (κ3) is 15.5. The normalized spacial score (nSPS) is 27.9. The molecule has 2 aliphatic rings. The van der Waals surface area contributed by atoms with Crippen LogP contribution in [0.1, 0.15) is 74.1 Å². The Labute approximate surface area is 305 Å². The van der Waals surface area contributed by atoms with Crippen molar-refractivity contribution in [1.29, 1.82) is 0 Å². The number of nitrogens with zero attached hydrogens (tertiary/aromatic N) is 3. The minimum Gasteiger partial charge on any atom is -0.463 e. The van der Waals surface area contributed by atoms with Crippen molar-refractivity contribution in [1.82, 2.24) is 0 Å². The third-order valence-corrected chi connectivity index (χ3v) is 7.38. The van der Waals surface area contributed by atoms with Crippen LogP contribution in [0.5, 0.6) is 0 Å². The largest absolute Gasteiger partial charge is 0.463 e. The monoisotopic (exact) mass is 761 g/mol. The first-order valence-corrected chi connectivity index (χ1v) is 16.8. The van der Waals surface area contributed by atoms with Crippen LogP contribution in [-0.2, 0) is 85.7 Å². The molecule has 2 fully saturated rings. The zero-order chi connectivity index (χ0) is 39.7. The van der Waals surface area contributed by atoms with E-state index in [0.29, 0.717) is 25.8 Å². The maximum atomic E-state index is 12.5. The molecule has 0 radical (unpaired) electrons. The van der Waals surface area contributed by atoms with E-state index in [0.717, 1.165) is 54.9 Å². The van der Waals surface area contributed by atoms with Crippen molar-refractivity contribution in [3.8, 4) is 0 Å². The number of hydrogen-bond acceptors (Lipinski definition) is 19. The number of azide groups is 1. The second-order valence-corrected chi connectivity index (χ2v) is 11.9. The summed E-state index contributed by atoms with van der Waals surface area (Å²) < 4.78 is 62.3. The standard InChI is InChI=1S/C32H47N3O18/c1-16(36)44-14-23-25(46-18(3)38)27(47-19(4)39)30(50-22(7)42)32(52-23)53-26-24(15-45-17(2)37)51-31(43-13-11-9-8-10-12-34-35-33)29(49-21(6)41)28(26)48-20(5)40/h23-32H,8-15H2,1-7H3/t23-,24-,25-,26-,27+,28+,29-,30-,31-,32+/m1/s1. The summed E-state index contributed by atoms with van der Waals surface area (Å²) in [5, 5.41) is 3.49. The van der Waals surface area contributed by atoms with Crippen LogP contribution in [0.4, 0.5) is 0 Å². The van der Waals surface area contributed by atoms with Crippen molar-refractivity contribution in [3.63, 3.8) is 0 Å². The lowest BCUT2D eigenvalue weighted by Crippen LogP contribution is -2.67. The molecule has 0 aromatic carbocycles. The summed E-state index contributed by atoms with van der Waals surface area (Å²) >= 11 is 0. The quantitative estimate of drug-likeness (QED) is 0.0450. The van der Waals surface area contributed by atoms with Gasteiger partial charge in [0.1, 0.15) is 31.5 Å². The van der Waals surface area contributed by atoms with E-state index in [9.17, 15) is 33.6 Å². The van der Waals surface area contributed by atoms with Crippen LogP contribution in [0.2, 0.25) is 0 Å². The highest BCUT2D eigenvalue weighted by Crippen LogP contribution is 2.35. The fraction of sp³-hybridized carbons (Fsp3) is 0.781. The molecule has 0 spiro atoms. The Bertz CT molecular complexity index is 1340. The number of rotatable bonds is 19. The van der Waals surface area contributed by atoms with E-state index in [1.807, 2.05) is 0 Å². The van der Waals surface area contributed by atoms with E-state index >= 15 is 0 Å². The average Bonchev–Trinajstić information content (AvgIpc) is 3.04. The Hall–Kier alpha value is -4.56. The Balaban J connectivity index is 2.60. The molecule has 0 N–H and O–H groups in total. The molecule has 0 aliphatic carbocycles. The molecule has 0 aromatic heterocycles. The number of carbonyl (C=O) groups excluding carboxylic acids is 7. The van der Waals surface area contributed by atoms with Crippen LogP contribution in [0.15, 0.2) is 5.11 Å². The Kier molecular flexibility index (Phi) is 18.9. The Morgan fingerprint density at radius 3 is 1.43 bits per heavy atom. The summed E-state index contributed by atoms with van der Waals surface area (Å²) in [5.74, 6) is -5.84. The van der Waals surface area contributed by atoms with Crippen LogP contribution in [0.25, 0.3) is 10.4 Å². The van der Waals surface area contributed by atoms with Gasteiger partial charge in [0.25, 0.3) is 0 Å². The number of unbranched alkanes of at least 4 members (excludes halogenated alkanes) is 3. The highest BCUT2D eigenvalue weighted by atomic mass is 16.8. The molecule has 0 aromatic rings. The van der Waals surface area contributed by atoms with Crippen molar-refractivity contribution < 1.29 is 85.7 Å². The van der Waals surface area contributed by atoms with Gasteiger partial charge in [-0.3, -0.25) is 33.6 Å². The Morgan fingerprint density at radius 2 is 0.943 bits per heavy atom. The van der Waals surface area contributed by atoms with Gasteiger partial charge >= 0.3 is 41.8 Å². The van der Waals surface area contributed by atoms with Gasteiger partial charge in [0, 0.05) is 66.5 Å². The number of carbonyl (C=O) groups is 7. The molecular formula is C32H47N3O18. The van der Waals surface area contributed by atoms with Crippen LogP contribution >= 0.6 is 0 Å². The third-order valence-electron chi connectivity index (χ3n) is 7.38. The number of esters is 7. The van der Waals surface area contributed by atoms with Gasteiger partial charge in [-0.25, -0.2) is 0 Å². The van der Waals surface area contributed by atoms with E-state index in [2.05, 4.69) is 10.0 Å². The molecule has 0 unspecified atom stereocenters. The second-order valence-electron chi connectivity index (χ2n) is 11.9. The Morgan fingerprint density at radius 1 is 0.528 bits per heavy atom. The first-order chi connectivity index (χ1) is 25.0. The summed E-state index contributed by atoms with van der Waals surface area (Å²) in [7, 11) is 0. The minimum atomic E-state index is -1.79. The van der Waals surface area contributed by atoms with Crippen molar-refractivity contribution in [2.24, 2.45) is 5.11 Å². The van der Waals surface area contributed by atoms with Crippen molar-refractivity contribution in [2.75, 3.05) is 26.4 Å². The predicted molar refractivity (Wildman–Crippen MR) is 172 cm³/mol. The van der Waals surface area contributed by atoms with Gasteiger partial charge in [0.05, 0.1) is 0 Å². The lowest BCUT2D eigenvalue weighted by molar-refractivity contribution is -0.361. The summed E-state index contributed by atoms with van der Waals surface area (Å²) in [6, 6.07) is 0. The number of hydrogen-bond donors (Lipinski definition) is 0. The lowest BCUT2D eigenvalue weighted by atomic mass is 9.96.